The van der Waals surface area contributed by atoms with Crippen LogP contribution in [0.1, 0.15) is 35.3 Å². The highest BCUT2D eigenvalue weighted by molar-refractivity contribution is 5.94. The molecule has 3 nitrogen and oxygen atoms in total. The van der Waals surface area contributed by atoms with Crippen molar-refractivity contribution in [1.29, 1.82) is 0 Å². The summed E-state index contributed by atoms with van der Waals surface area (Å²) in [5.74, 6) is -0.0142. The minimum Gasteiger partial charge on any atom is -0.372 e. The van der Waals surface area contributed by atoms with Crippen LogP contribution in [-0.2, 0) is 18.0 Å². The molecule has 0 aromatic heterocycles. The lowest BCUT2D eigenvalue weighted by molar-refractivity contribution is 0.0943. The molecule has 0 saturated heterocycles. The highest BCUT2D eigenvalue weighted by Gasteiger charge is 2.14. The fraction of sp³-hybridized carbons (Fsp3) is 0.417. The quantitative estimate of drug-likeness (QED) is 0.800. The van der Waals surface area contributed by atoms with Crippen molar-refractivity contribution in [3.63, 3.8) is 0 Å². The third kappa shape index (κ3) is 2.18. The van der Waals surface area contributed by atoms with E-state index in [2.05, 4.69) is 5.32 Å². The first-order valence-corrected chi connectivity index (χ1v) is 5.17. The zero-order valence-electron chi connectivity index (χ0n) is 9.04. The van der Waals surface area contributed by atoms with E-state index in [1.165, 1.54) is 5.56 Å². The monoisotopic (exact) mass is 205 g/mol. The number of nitrogens with one attached hydrogen (secondary N) is 1. The molecule has 80 valence electrons. The van der Waals surface area contributed by atoms with Crippen molar-refractivity contribution in [1.82, 2.24) is 5.32 Å². The average Bonchev–Trinajstić information content (AvgIpc) is 2.62. The van der Waals surface area contributed by atoms with Crippen molar-refractivity contribution in [3.8, 4) is 0 Å². The third-order valence-electron chi connectivity index (χ3n) is 2.40. The van der Waals surface area contributed by atoms with Crippen molar-refractivity contribution in [2.24, 2.45) is 0 Å². The van der Waals surface area contributed by atoms with Gasteiger partial charge in [-0.25, -0.2) is 0 Å². The fourth-order valence-corrected chi connectivity index (χ4v) is 1.66. The van der Waals surface area contributed by atoms with Gasteiger partial charge in [-0.1, -0.05) is 6.07 Å². The summed E-state index contributed by atoms with van der Waals surface area (Å²) >= 11 is 0. The molecule has 1 aromatic rings. The number of carbonyl (C=O) groups is 1. The van der Waals surface area contributed by atoms with Gasteiger partial charge in [-0.2, -0.15) is 0 Å². The van der Waals surface area contributed by atoms with E-state index in [1.54, 1.807) is 0 Å². The van der Waals surface area contributed by atoms with Gasteiger partial charge in [-0.05, 0) is 37.1 Å². The van der Waals surface area contributed by atoms with Gasteiger partial charge in [0.1, 0.15) is 0 Å². The second-order valence-corrected chi connectivity index (χ2v) is 4.10. The van der Waals surface area contributed by atoms with E-state index in [4.69, 9.17) is 4.74 Å². The molecule has 0 fully saturated rings. The van der Waals surface area contributed by atoms with Gasteiger partial charge in [0.25, 0.3) is 5.91 Å². The molecular weight excluding hydrogens is 190 g/mol. The number of carbonyl (C=O) groups excluding carboxylic acids is 1. The number of benzene rings is 1. The summed E-state index contributed by atoms with van der Waals surface area (Å²) in [4.78, 5) is 11.7. The predicted molar refractivity (Wildman–Crippen MR) is 57.5 cm³/mol. The molecule has 1 aliphatic rings. The van der Waals surface area contributed by atoms with Crippen LogP contribution in [0.4, 0.5) is 0 Å². The second-order valence-electron chi connectivity index (χ2n) is 4.10. The Kier molecular flexibility index (Phi) is 2.73. The number of fused-ring (bicyclic) bond motifs is 1. The van der Waals surface area contributed by atoms with Crippen molar-refractivity contribution >= 4 is 5.91 Å². The van der Waals surface area contributed by atoms with Gasteiger partial charge in [0.15, 0.2) is 0 Å². The smallest absolute Gasteiger partial charge is 0.251 e. The Morgan fingerprint density at radius 2 is 2.07 bits per heavy atom. The van der Waals surface area contributed by atoms with Crippen LogP contribution in [0.5, 0.6) is 0 Å². The lowest BCUT2D eigenvalue weighted by Gasteiger charge is -2.08. The average molecular weight is 205 g/mol. The molecule has 0 saturated carbocycles. The summed E-state index contributed by atoms with van der Waals surface area (Å²) in [6.07, 6.45) is 0. The van der Waals surface area contributed by atoms with Crippen molar-refractivity contribution in [2.45, 2.75) is 33.1 Å². The van der Waals surface area contributed by atoms with Crippen LogP contribution in [0.2, 0.25) is 0 Å². The normalized spacial score (nSPS) is 14.1. The molecule has 0 bridgehead atoms. The van der Waals surface area contributed by atoms with Gasteiger partial charge in [-0.3, -0.25) is 4.79 Å². The van der Waals surface area contributed by atoms with Crippen LogP contribution in [0.3, 0.4) is 0 Å². The van der Waals surface area contributed by atoms with Crippen molar-refractivity contribution in [3.05, 3.63) is 34.9 Å². The largest absolute Gasteiger partial charge is 0.372 e. The Balaban J connectivity index is 2.19. The summed E-state index contributed by atoms with van der Waals surface area (Å²) in [5.41, 5.74) is 3.04. The van der Waals surface area contributed by atoms with Gasteiger partial charge in [0, 0.05) is 11.6 Å². The molecular formula is C12H15NO2. The summed E-state index contributed by atoms with van der Waals surface area (Å²) < 4.78 is 5.30. The Hall–Kier alpha value is -1.35. The van der Waals surface area contributed by atoms with E-state index in [0.29, 0.717) is 18.8 Å². The van der Waals surface area contributed by atoms with Crippen LogP contribution >= 0.6 is 0 Å². The van der Waals surface area contributed by atoms with Crippen LogP contribution in [0.25, 0.3) is 0 Å². The Morgan fingerprint density at radius 1 is 1.33 bits per heavy atom. The Labute approximate surface area is 89.4 Å². The summed E-state index contributed by atoms with van der Waals surface area (Å²) in [6, 6.07) is 5.91. The Morgan fingerprint density at radius 3 is 2.80 bits per heavy atom. The SMILES string of the molecule is CC(C)NC(=O)c1ccc2c(c1)COC2. The van der Waals surface area contributed by atoms with Crippen molar-refractivity contribution in [2.75, 3.05) is 0 Å². The molecule has 1 aliphatic heterocycles. The van der Waals surface area contributed by atoms with E-state index >= 15 is 0 Å². The highest BCUT2D eigenvalue weighted by Crippen LogP contribution is 2.20. The van der Waals surface area contributed by atoms with Crippen LogP contribution in [0.15, 0.2) is 18.2 Å². The molecule has 0 spiro atoms. The topological polar surface area (TPSA) is 38.3 Å². The fourth-order valence-electron chi connectivity index (χ4n) is 1.66. The maximum absolute atomic E-state index is 11.7. The van der Waals surface area contributed by atoms with Crippen LogP contribution in [0, 0.1) is 0 Å². The molecule has 2 rings (SSSR count). The van der Waals surface area contributed by atoms with Gasteiger partial charge in [0.05, 0.1) is 13.2 Å². The minimum absolute atomic E-state index is 0.0142. The number of amides is 1. The minimum atomic E-state index is -0.0142. The number of hydrogen-bond acceptors (Lipinski definition) is 2. The molecule has 0 unspecified atom stereocenters. The second kappa shape index (κ2) is 4.03. The van der Waals surface area contributed by atoms with E-state index in [0.717, 1.165) is 5.56 Å². The first kappa shape index (κ1) is 10.2. The number of ether oxygens (including phenoxy) is 1. The van der Waals surface area contributed by atoms with E-state index < -0.39 is 0 Å². The summed E-state index contributed by atoms with van der Waals surface area (Å²) in [7, 11) is 0. The predicted octanol–water partition coefficient (Wildman–Crippen LogP) is 1.85. The third-order valence-corrected chi connectivity index (χ3v) is 2.40. The molecule has 1 amide bonds. The molecule has 1 aromatic carbocycles. The maximum Gasteiger partial charge on any atom is 0.251 e. The molecule has 15 heavy (non-hydrogen) atoms. The Bertz CT molecular complexity index is 385. The van der Waals surface area contributed by atoms with Crippen molar-refractivity contribution < 1.29 is 9.53 Å². The first-order valence-electron chi connectivity index (χ1n) is 5.17. The number of rotatable bonds is 2. The summed E-state index contributed by atoms with van der Waals surface area (Å²) in [5, 5.41) is 2.87. The molecule has 0 aliphatic carbocycles. The summed E-state index contributed by atoms with van der Waals surface area (Å²) in [6.45, 7) is 5.20. The maximum atomic E-state index is 11.7. The molecule has 1 heterocycles. The molecule has 0 radical (unpaired) electrons. The van der Waals surface area contributed by atoms with Gasteiger partial charge in [-0.15, -0.1) is 0 Å². The lowest BCUT2D eigenvalue weighted by Crippen LogP contribution is -2.30. The molecule has 1 N–H and O–H groups in total. The molecule has 3 heteroatoms. The number of hydrogen-bond donors (Lipinski definition) is 1. The first-order chi connectivity index (χ1) is 7.16. The highest BCUT2D eigenvalue weighted by atomic mass is 16.5. The van der Waals surface area contributed by atoms with Crippen LogP contribution in [-0.4, -0.2) is 11.9 Å². The zero-order chi connectivity index (χ0) is 10.8. The van der Waals surface area contributed by atoms with Gasteiger partial charge < -0.3 is 10.1 Å². The van der Waals surface area contributed by atoms with Gasteiger partial charge in [0.2, 0.25) is 0 Å². The van der Waals surface area contributed by atoms with E-state index in [1.807, 2.05) is 32.0 Å². The van der Waals surface area contributed by atoms with E-state index in [-0.39, 0.29) is 11.9 Å². The zero-order valence-corrected chi connectivity index (χ0v) is 9.04. The van der Waals surface area contributed by atoms with Gasteiger partial charge >= 0.3 is 0 Å². The lowest BCUT2D eigenvalue weighted by atomic mass is 10.1. The van der Waals surface area contributed by atoms with E-state index in [9.17, 15) is 4.79 Å². The molecule has 0 atom stereocenters. The van der Waals surface area contributed by atoms with Crippen LogP contribution < -0.4 is 5.32 Å². The standard InChI is InChI=1S/C12H15NO2/c1-8(2)13-12(14)9-3-4-10-6-15-7-11(10)5-9/h3-5,8H,6-7H2,1-2H3,(H,13,14).